The molecule has 0 aliphatic carbocycles. The van der Waals surface area contributed by atoms with Crippen LogP contribution in [0.3, 0.4) is 0 Å². The quantitative estimate of drug-likeness (QED) is 0.687. The minimum absolute atomic E-state index is 0.245. The SMILES string of the molecule is C#CCOc1ccc2c3ccc(OC)cc3n(CC#C)c2c1. The highest BCUT2D eigenvalue weighted by Gasteiger charge is 2.12. The second kappa shape index (κ2) is 5.76. The summed E-state index contributed by atoms with van der Waals surface area (Å²) in [6.07, 6.45) is 10.8. The van der Waals surface area contributed by atoms with Crippen LogP contribution in [0.4, 0.5) is 0 Å². The maximum atomic E-state index is 5.53. The van der Waals surface area contributed by atoms with Crippen LogP contribution in [0, 0.1) is 24.7 Å². The van der Waals surface area contributed by atoms with E-state index in [-0.39, 0.29) is 6.61 Å². The Morgan fingerprint density at radius 1 is 0.955 bits per heavy atom. The van der Waals surface area contributed by atoms with Crippen molar-refractivity contribution in [3.8, 4) is 36.2 Å². The summed E-state index contributed by atoms with van der Waals surface area (Å²) in [6, 6.07) is 11.9. The fraction of sp³-hybridized carbons (Fsp3) is 0.158. The average Bonchev–Trinajstić information content (AvgIpc) is 2.86. The molecule has 3 aromatic rings. The summed E-state index contributed by atoms with van der Waals surface area (Å²) in [5.41, 5.74) is 2.07. The van der Waals surface area contributed by atoms with Gasteiger partial charge in [-0.1, -0.05) is 11.8 Å². The molecule has 0 spiro atoms. The largest absolute Gasteiger partial charge is 0.497 e. The lowest BCUT2D eigenvalue weighted by atomic mass is 10.1. The molecule has 3 heteroatoms. The van der Waals surface area contributed by atoms with Crippen molar-refractivity contribution < 1.29 is 9.47 Å². The second-order valence-electron chi connectivity index (χ2n) is 4.85. The first-order valence-corrected chi connectivity index (χ1v) is 6.88. The van der Waals surface area contributed by atoms with Crippen LogP contribution in [0.15, 0.2) is 36.4 Å². The molecule has 0 atom stereocenters. The Balaban J connectivity index is 2.28. The van der Waals surface area contributed by atoms with Crippen LogP contribution in [-0.4, -0.2) is 18.3 Å². The number of hydrogen-bond donors (Lipinski definition) is 0. The van der Waals surface area contributed by atoms with Gasteiger partial charge in [-0.15, -0.1) is 12.8 Å². The van der Waals surface area contributed by atoms with E-state index in [0.29, 0.717) is 6.54 Å². The monoisotopic (exact) mass is 289 g/mol. The summed E-state index contributed by atoms with van der Waals surface area (Å²) >= 11 is 0. The van der Waals surface area contributed by atoms with Gasteiger partial charge in [-0.05, 0) is 24.3 Å². The van der Waals surface area contributed by atoms with Crippen molar-refractivity contribution in [1.29, 1.82) is 0 Å². The number of fused-ring (bicyclic) bond motifs is 3. The maximum Gasteiger partial charge on any atom is 0.148 e. The zero-order chi connectivity index (χ0) is 15.5. The Morgan fingerprint density at radius 2 is 1.59 bits per heavy atom. The van der Waals surface area contributed by atoms with Gasteiger partial charge >= 0.3 is 0 Å². The number of ether oxygens (including phenoxy) is 2. The molecule has 0 fully saturated rings. The zero-order valence-electron chi connectivity index (χ0n) is 12.3. The van der Waals surface area contributed by atoms with Crippen molar-refractivity contribution >= 4 is 21.8 Å². The number of benzene rings is 2. The topological polar surface area (TPSA) is 23.4 Å². The molecule has 0 aliphatic rings. The van der Waals surface area contributed by atoms with E-state index in [1.807, 2.05) is 36.4 Å². The smallest absolute Gasteiger partial charge is 0.148 e. The van der Waals surface area contributed by atoms with Crippen molar-refractivity contribution in [2.45, 2.75) is 6.54 Å². The number of nitrogens with zero attached hydrogens (tertiary/aromatic N) is 1. The van der Waals surface area contributed by atoms with Gasteiger partial charge in [-0.25, -0.2) is 0 Å². The molecule has 1 heterocycles. The number of hydrogen-bond acceptors (Lipinski definition) is 2. The van der Waals surface area contributed by atoms with E-state index in [1.54, 1.807) is 7.11 Å². The Kier molecular flexibility index (Phi) is 3.64. The summed E-state index contributed by atoms with van der Waals surface area (Å²) in [4.78, 5) is 0. The lowest BCUT2D eigenvalue weighted by molar-refractivity contribution is 0.371. The van der Waals surface area contributed by atoms with Gasteiger partial charge < -0.3 is 14.0 Å². The van der Waals surface area contributed by atoms with Crippen LogP contribution in [0.5, 0.6) is 11.5 Å². The Hall–Kier alpha value is -3.04. The fourth-order valence-electron chi connectivity index (χ4n) is 2.66. The number of methoxy groups -OCH3 is 1. The van der Waals surface area contributed by atoms with Gasteiger partial charge in [-0.2, -0.15) is 0 Å². The highest BCUT2D eigenvalue weighted by molar-refractivity contribution is 6.08. The van der Waals surface area contributed by atoms with Gasteiger partial charge in [-0.3, -0.25) is 0 Å². The van der Waals surface area contributed by atoms with Crippen LogP contribution in [0.2, 0.25) is 0 Å². The van der Waals surface area contributed by atoms with Gasteiger partial charge in [0.1, 0.15) is 18.1 Å². The molecule has 0 saturated carbocycles. The fourth-order valence-corrected chi connectivity index (χ4v) is 2.66. The third-order valence-corrected chi connectivity index (χ3v) is 3.62. The van der Waals surface area contributed by atoms with Crippen molar-refractivity contribution in [1.82, 2.24) is 4.57 Å². The molecular weight excluding hydrogens is 274 g/mol. The summed E-state index contributed by atoms with van der Waals surface area (Å²) in [7, 11) is 1.65. The van der Waals surface area contributed by atoms with E-state index in [9.17, 15) is 0 Å². The standard InChI is InChI=1S/C19H15NO2/c1-4-10-20-18-12-14(21-3)6-8-16(18)17-9-7-15(13-19(17)20)22-11-5-2/h1-2,6-9,12-13H,10-11H2,3H3. The maximum absolute atomic E-state index is 5.53. The summed E-state index contributed by atoms with van der Waals surface area (Å²) in [6.45, 7) is 0.723. The number of terminal acetylenes is 2. The first-order valence-electron chi connectivity index (χ1n) is 6.88. The van der Waals surface area contributed by atoms with Gasteiger partial charge in [0, 0.05) is 22.9 Å². The number of rotatable bonds is 4. The van der Waals surface area contributed by atoms with Gasteiger partial charge in [0.2, 0.25) is 0 Å². The molecule has 0 saturated heterocycles. The van der Waals surface area contributed by atoms with Crippen LogP contribution in [0.25, 0.3) is 21.8 Å². The average molecular weight is 289 g/mol. The highest BCUT2D eigenvalue weighted by Crippen LogP contribution is 2.33. The van der Waals surface area contributed by atoms with Crippen LogP contribution >= 0.6 is 0 Å². The number of aromatic nitrogens is 1. The predicted octanol–water partition coefficient (Wildman–Crippen LogP) is 3.45. The van der Waals surface area contributed by atoms with E-state index in [1.165, 1.54) is 0 Å². The van der Waals surface area contributed by atoms with E-state index < -0.39 is 0 Å². The third kappa shape index (κ3) is 2.24. The van der Waals surface area contributed by atoms with E-state index in [2.05, 4.69) is 16.4 Å². The molecular formula is C19H15NO2. The molecule has 1 aromatic heterocycles. The van der Waals surface area contributed by atoms with Gasteiger partial charge in [0.15, 0.2) is 0 Å². The van der Waals surface area contributed by atoms with Gasteiger partial charge in [0.05, 0.1) is 24.7 Å². The molecule has 0 amide bonds. The molecule has 3 rings (SSSR count). The first-order chi connectivity index (χ1) is 10.8. The highest BCUT2D eigenvalue weighted by atomic mass is 16.5. The molecule has 0 unspecified atom stereocenters. The minimum atomic E-state index is 0.245. The van der Waals surface area contributed by atoms with Crippen molar-refractivity contribution in [2.75, 3.05) is 13.7 Å². The molecule has 108 valence electrons. The molecule has 0 bridgehead atoms. The summed E-state index contributed by atoms with van der Waals surface area (Å²) < 4.78 is 12.9. The summed E-state index contributed by atoms with van der Waals surface area (Å²) in [5.74, 6) is 6.71. The molecule has 2 aromatic carbocycles. The Labute approximate surface area is 129 Å². The molecule has 0 aliphatic heterocycles. The van der Waals surface area contributed by atoms with Crippen LogP contribution < -0.4 is 9.47 Å². The zero-order valence-corrected chi connectivity index (χ0v) is 12.3. The lowest BCUT2D eigenvalue weighted by Gasteiger charge is -2.06. The van der Waals surface area contributed by atoms with E-state index >= 15 is 0 Å². The van der Waals surface area contributed by atoms with Crippen molar-refractivity contribution in [3.05, 3.63) is 36.4 Å². The summed E-state index contributed by atoms with van der Waals surface area (Å²) in [5, 5.41) is 2.26. The molecule has 0 N–H and O–H groups in total. The van der Waals surface area contributed by atoms with E-state index in [4.69, 9.17) is 22.3 Å². The molecule has 3 nitrogen and oxygen atoms in total. The first kappa shape index (κ1) is 13.9. The third-order valence-electron chi connectivity index (χ3n) is 3.62. The van der Waals surface area contributed by atoms with Gasteiger partial charge in [0.25, 0.3) is 0 Å². The second-order valence-corrected chi connectivity index (χ2v) is 4.85. The predicted molar refractivity (Wildman–Crippen MR) is 89.2 cm³/mol. The minimum Gasteiger partial charge on any atom is -0.497 e. The van der Waals surface area contributed by atoms with Crippen molar-refractivity contribution in [3.63, 3.8) is 0 Å². The van der Waals surface area contributed by atoms with Crippen LogP contribution in [0.1, 0.15) is 0 Å². The Bertz CT molecular complexity index is 922. The van der Waals surface area contributed by atoms with E-state index in [0.717, 1.165) is 33.3 Å². The normalized spacial score (nSPS) is 10.3. The lowest BCUT2D eigenvalue weighted by Crippen LogP contribution is -1.97. The van der Waals surface area contributed by atoms with Crippen LogP contribution in [-0.2, 0) is 6.54 Å². The Morgan fingerprint density at radius 3 is 2.18 bits per heavy atom. The van der Waals surface area contributed by atoms with Crippen molar-refractivity contribution in [2.24, 2.45) is 0 Å². The molecule has 0 radical (unpaired) electrons. The molecule has 22 heavy (non-hydrogen) atoms.